The molecule has 1 atom stereocenters. The Kier molecular flexibility index (Phi) is 3.82. The van der Waals surface area contributed by atoms with Crippen molar-refractivity contribution in [3.8, 4) is 17.2 Å². The molecule has 6 nitrogen and oxygen atoms in total. The third-order valence-corrected chi connectivity index (χ3v) is 4.52. The van der Waals surface area contributed by atoms with Crippen molar-refractivity contribution in [2.75, 3.05) is 32.8 Å². The Labute approximate surface area is 134 Å². The van der Waals surface area contributed by atoms with E-state index in [1.54, 1.807) is 38.4 Å². The zero-order valence-electron chi connectivity index (χ0n) is 12.8. The van der Waals surface area contributed by atoms with Crippen molar-refractivity contribution in [3.63, 3.8) is 0 Å². The van der Waals surface area contributed by atoms with Crippen LogP contribution in [0, 0.1) is 0 Å². The van der Waals surface area contributed by atoms with Gasteiger partial charge < -0.3 is 19.1 Å². The zero-order chi connectivity index (χ0) is 15.9. The molecule has 0 N–H and O–H groups in total. The van der Waals surface area contributed by atoms with Crippen LogP contribution in [-0.2, 0) is 4.79 Å². The molecule has 0 spiro atoms. The minimum atomic E-state index is -0.133. The van der Waals surface area contributed by atoms with E-state index in [2.05, 4.69) is 0 Å². The number of rotatable bonds is 4. The van der Waals surface area contributed by atoms with Gasteiger partial charge in [-0.1, -0.05) is 0 Å². The summed E-state index contributed by atoms with van der Waals surface area (Å²) in [5, 5.41) is 0.543. The van der Waals surface area contributed by atoms with Crippen LogP contribution in [0.3, 0.4) is 0 Å². The van der Waals surface area contributed by atoms with Crippen molar-refractivity contribution in [3.05, 3.63) is 12.1 Å². The number of hydrogen-bond acceptors (Lipinski definition) is 5. The Morgan fingerprint density at radius 3 is 2.27 bits per heavy atom. The Morgan fingerprint density at radius 2 is 1.77 bits per heavy atom. The fourth-order valence-corrected chi connectivity index (χ4v) is 3.47. The van der Waals surface area contributed by atoms with Gasteiger partial charge in [-0.15, -0.1) is 0 Å². The van der Waals surface area contributed by atoms with Gasteiger partial charge in [-0.05, 0) is 25.1 Å². The minimum absolute atomic E-state index is 0.0109. The Balaban J connectivity index is 2.05. The summed E-state index contributed by atoms with van der Waals surface area (Å²) in [4.78, 5) is 16.2. The number of anilines is 1. The van der Waals surface area contributed by atoms with Crippen molar-refractivity contribution in [2.24, 2.45) is 0 Å². The lowest BCUT2D eigenvalue weighted by molar-refractivity contribution is -0.119. The van der Waals surface area contributed by atoms with Crippen LogP contribution in [0.1, 0.15) is 12.8 Å². The average molecular weight is 322 g/mol. The van der Waals surface area contributed by atoms with E-state index >= 15 is 0 Å². The molecular formula is C15H18N2O4S. The second kappa shape index (κ2) is 5.64. The lowest BCUT2D eigenvalue weighted by atomic mass is 10.2. The second-order valence-corrected chi connectivity index (χ2v) is 5.56. The van der Waals surface area contributed by atoms with Crippen LogP contribution < -0.4 is 19.1 Å². The Morgan fingerprint density at radius 1 is 1.14 bits per heavy atom. The van der Waals surface area contributed by atoms with Gasteiger partial charge in [0.15, 0.2) is 16.6 Å². The minimum Gasteiger partial charge on any atom is -0.493 e. The molecule has 1 amide bonds. The van der Waals surface area contributed by atoms with E-state index in [-0.39, 0.29) is 11.9 Å². The quantitative estimate of drug-likeness (QED) is 0.788. The van der Waals surface area contributed by atoms with Crippen molar-refractivity contribution < 1.29 is 19.0 Å². The zero-order valence-corrected chi connectivity index (χ0v) is 13.6. The molecule has 1 aromatic rings. The summed E-state index contributed by atoms with van der Waals surface area (Å²) in [5.41, 5.74) is 0.638. The van der Waals surface area contributed by atoms with Crippen LogP contribution in [0.5, 0.6) is 17.2 Å². The summed E-state index contributed by atoms with van der Waals surface area (Å²) < 4.78 is 16.0. The molecule has 0 aliphatic carbocycles. The van der Waals surface area contributed by atoms with E-state index < -0.39 is 0 Å². The highest BCUT2D eigenvalue weighted by molar-refractivity contribution is 7.80. The van der Waals surface area contributed by atoms with Crippen molar-refractivity contribution in [1.82, 2.24) is 4.90 Å². The van der Waals surface area contributed by atoms with Crippen LogP contribution in [0.15, 0.2) is 12.1 Å². The van der Waals surface area contributed by atoms with Crippen LogP contribution in [0.4, 0.5) is 5.69 Å². The number of hydrogen-bond donors (Lipinski definition) is 0. The first-order valence-electron chi connectivity index (χ1n) is 7.07. The van der Waals surface area contributed by atoms with Gasteiger partial charge in [0.2, 0.25) is 5.75 Å². The lowest BCUT2D eigenvalue weighted by Crippen LogP contribution is -2.32. The van der Waals surface area contributed by atoms with Crippen LogP contribution >= 0.6 is 12.2 Å². The number of thiocarbonyl (C=S) groups is 1. The molecule has 2 aliphatic heterocycles. The summed E-state index contributed by atoms with van der Waals surface area (Å²) in [6.07, 6.45) is 1.85. The van der Waals surface area contributed by atoms with Gasteiger partial charge in [0.25, 0.3) is 5.91 Å². The number of fused-ring (bicyclic) bond motifs is 1. The summed E-state index contributed by atoms with van der Waals surface area (Å²) in [5.74, 6) is 1.50. The smallest absolute Gasteiger partial charge is 0.256 e. The normalized spacial score (nSPS) is 20.4. The fraction of sp³-hybridized carbons (Fsp3) is 0.467. The monoisotopic (exact) mass is 322 g/mol. The van der Waals surface area contributed by atoms with E-state index in [9.17, 15) is 4.79 Å². The molecule has 7 heteroatoms. The van der Waals surface area contributed by atoms with E-state index in [1.807, 2.05) is 4.90 Å². The first kappa shape index (κ1) is 14.9. The first-order chi connectivity index (χ1) is 10.6. The van der Waals surface area contributed by atoms with Gasteiger partial charge in [-0.2, -0.15) is 0 Å². The number of benzene rings is 1. The number of ether oxygens (including phenoxy) is 3. The maximum Gasteiger partial charge on any atom is 0.256 e. The van der Waals surface area contributed by atoms with Gasteiger partial charge >= 0.3 is 0 Å². The molecule has 2 fully saturated rings. The molecule has 3 rings (SSSR count). The fourth-order valence-electron chi connectivity index (χ4n) is 3.06. The van der Waals surface area contributed by atoms with Crippen LogP contribution in [0.25, 0.3) is 0 Å². The number of nitrogens with zero attached hydrogens (tertiary/aromatic N) is 2. The lowest BCUT2D eigenvalue weighted by Gasteiger charge is -2.21. The van der Waals surface area contributed by atoms with Crippen LogP contribution in [0.2, 0.25) is 0 Å². The van der Waals surface area contributed by atoms with Crippen molar-refractivity contribution in [2.45, 2.75) is 18.9 Å². The first-order valence-corrected chi connectivity index (χ1v) is 7.47. The second-order valence-electron chi connectivity index (χ2n) is 5.19. The summed E-state index contributed by atoms with van der Waals surface area (Å²) in [7, 11) is 4.63. The average Bonchev–Trinajstić information content (AvgIpc) is 3.10. The molecule has 2 aliphatic rings. The maximum absolute atomic E-state index is 12.6. The predicted molar refractivity (Wildman–Crippen MR) is 85.9 cm³/mol. The molecule has 0 bridgehead atoms. The number of carbonyl (C=O) groups excluding carboxylic acids is 1. The molecule has 0 aromatic heterocycles. The van der Waals surface area contributed by atoms with E-state index in [1.165, 1.54) is 0 Å². The number of carbonyl (C=O) groups is 1. The molecular weight excluding hydrogens is 304 g/mol. The Hall–Kier alpha value is -2.02. The summed E-state index contributed by atoms with van der Waals surface area (Å²) >= 11 is 5.48. The largest absolute Gasteiger partial charge is 0.493 e. The SMILES string of the molecule is COc1cc(N2C(=O)[C@H]3CCCN3C2=S)cc(OC)c1OC. The third kappa shape index (κ3) is 2.08. The summed E-state index contributed by atoms with van der Waals surface area (Å²) in [6.45, 7) is 0.830. The van der Waals surface area contributed by atoms with Gasteiger partial charge in [0.05, 0.1) is 27.0 Å². The van der Waals surface area contributed by atoms with E-state index in [0.29, 0.717) is 28.0 Å². The highest BCUT2D eigenvalue weighted by atomic mass is 32.1. The van der Waals surface area contributed by atoms with E-state index in [0.717, 1.165) is 19.4 Å². The van der Waals surface area contributed by atoms with Gasteiger partial charge in [0.1, 0.15) is 6.04 Å². The van der Waals surface area contributed by atoms with Crippen molar-refractivity contribution >= 4 is 28.9 Å². The standard InChI is InChI=1S/C15H18N2O4S/c1-19-11-7-9(8-12(20-2)13(11)21-3)17-14(18)10-5-4-6-16(10)15(17)22/h7-8,10H,4-6H2,1-3H3/t10-/m1/s1. The molecule has 1 aromatic carbocycles. The van der Waals surface area contributed by atoms with Gasteiger partial charge in [-0.3, -0.25) is 9.69 Å². The topological polar surface area (TPSA) is 51.2 Å². The molecule has 2 saturated heterocycles. The van der Waals surface area contributed by atoms with Gasteiger partial charge in [-0.25, -0.2) is 0 Å². The molecule has 118 valence electrons. The Bertz CT molecular complexity index is 587. The molecule has 0 radical (unpaired) electrons. The van der Waals surface area contributed by atoms with Crippen molar-refractivity contribution in [1.29, 1.82) is 0 Å². The predicted octanol–water partition coefficient (Wildman–Crippen LogP) is 1.81. The third-order valence-electron chi connectivity index (χ3n) is 4.10. The highest BCUT2D eigenvalue weighted by Crippen LogP contribution is 2.42. The van der Waals surface area contributed by atoms with Crippen LogP contribution in [-0.4, -0.2) is 49.8 Å². The van der Waals surface area contributed by atoms with Gasteiger partial charge in [0, 0.05) is 18.7 Å². The number of methoxy groups -OCH3 is 3. The highest BCUT2D eigenvalue weighted by Gasteiger charge is 2.45. The number of amides is 1. The van der Waals surface area contributed by atoms with E-state index in [4.69, 9.17) is 26.4 Å². The molecule has 0 unspecified atom stereocenters. The molecule has 2 heterocycles. The molecule has 22 heavy (non-hydrogen) atoms. The molecule has 0 saturated carbocycles. The summed E-state index contributed by atoms with van der Waals surface area (Å²) in [6, 6.07) is 3.35. The maximum atomic E-state index is 12.6.